The summed E-state index contributed by atoms with van der Waals surface area (Å²) in [7, 11) is -3.64. The van der Waals surface area contributed by atoms with Crippen molar-refractivity contribution in [2.24, 2.45) is 0 Å². The number of ether oxygens (including phenoxy) is 2. The number of carboxylic acid groups (broad SMARTS) is 1. The lowest BCUT2D eigenvalue weighted by atomic mass is 10.2. The maximum atomic E-state index is 12.5. The largest absolute Gasteiger partial charge is 0.481 e. The Morgan fingerprint density at radius 3 is 2.42 bits per heavy atom. The molecular weight excluding hydrogens is 276 g/mol. The molecule has 1 unspecified atom stereocenters. The number of hydrogen-bond donors (Lipinski definition) is 1. The van der Waals surface area contributed by atoms with Crippen molar-refractivity contribution in [1.82, 2.24) is 8.61 Å². The van der Waals surface area contributed by atoms with E-state index in [-0.39, 0.29) is 19.6 Å². The third-order valence-electron chi connectivity index (χ3n) is 3.18. The number of morpholine rings is 2. The Hall–Kier alpha value is -0.740. The van der Waals surface area contributed by atoms with Crippen molar-refractivity contribution in [3.63, 3.8) is 0 Å². The molecule has 0 radical (unpaired) electrons. The minimum atomic E-state index is -3.64. The van der Waals surface area contributed by atoms with Gasteiger partial charge >= 0.3 is 5.97 Å². The Kier molecular flexibility index (Phi) is 4.74. The van der Waals surface area contributed by atoms with Gasteiger partial charge in [-0.3, -0.25) is 4.79 Å². The first-order valence-corrected chi connectivity index (χ1v) is 7.55. The molecule has 0 aromatic heterocycles. The lowest BCUT2D eigenvalue weighted by molar-refractivity contribution is -0.139. The summed E-state index contributed by atoms with van der Waals surface area (Å²) in [5.74, 6) is -1.03. The van der Waals surface area contributed by atoms with Crippen LogP contribution >= 0.6 is 0 Å². The number of rotatable bonds is 4. The molecule has 0 spiro atoms. The van der Waals surface area contributed by atoms with E-state index in [2.05, 4.69) is 0 Å². The fourth-order valence-electron chi connectivity index (χ4n) is 2.23. The Morgan fingerprint density at radius 1 is 1.16 bits per heavy atom. The van der Waals surface area contributed by atoms with Crippen LogP contribution in [0.5, 0.6) is 0 Å². The fraction of sp³-hybridized carbons (Fsp3) is 0.900. The monoisotopic (exact) mass is 294 g/mol. The highest BCUT2D eigenvalue weighted by atomic mass is 32.2. The predicted octanol–water partition coefficient (Wildman–Crippen LogP) is -1.26. The highest BCUT2D eigenvalue weighted by molar-refractivity contribution is 7.86. The van der Waals surface area contributed by atoms with Gasteiger partial charge < -0.3 is 14.6 Å². The quantitative estimate of drug-likeness (QED) is 0.695. The highest BCUT2D eigenvalue weighted by Gasteiger charge is 2.38. The van der Waals surface area contributed by atoms with Crippen molar-refractivity contribution in [2.45, 2.75) is 12.5 Å². The van der Waals surface area contributed by atoms with E-state index in [0.717, 1.165) is 0 Å². The lowest BCUT2D eigenvalue weighted by Crippen LogP contribution is -2.56. The SMILES string of the molecule is O=C(O)CC1COCCN1S(=O)(=O)N1CCOCC1. The average molecular weight is 294 g/mol. The van der Waals surface area contributed by atoms with Gasteiger partial charge in [-0.25, -0.2) is 0 Å². The molecule has 2 rings (SSSR count). The summed E-state index contributed by atoms with van der Waals surface area (Å²) in [5.41, 5.74) is 0. The second-order valence-corrected chi connectivity index (χ2v) is 6.34. The maximum absolute atomic E-state index is 12.5. The van der Waals surface area contributed by atoms with Crippen molar-refractivity contribution in [3.05, 3.63) is 0 Å². The standard InChI is InChI=1S/C10H18N2O6S/c13-10(14)7-9-8-18-6-3-12(9)19(15,16)11-1-4-17-5-2-11/h9H,1-8H2,(H,13,14). The summed E-state index contributed by atoms with van der Waals surface area (Å²) < 4.78 is 37.9. The molecule has 2 heterocycles. The van der Waals surface area contributed by atoms with Gasteiger partial charge in [-0.2, -0.15) is 17.0 Å². The van der Waals surface area contributed by atoms with E-state index in [4.69, 9.17) is 14.6 Å². The maximum Gasteiger partial charge on any atom is 0.305 e. The first-order valence-electron chi connectivity index (χ1n) is 6.16. The Morgan fingerprint density at radius 2 is 1.79 bits per heavy atom. The Labute approximate surface area is 112 Å². The van der Waals surface area contributed by atoms with E-state index < -0.39 is 22.2 Å². The molecule has 2 aliphatic rings. The van der Waals surface area contributed by atoms with Crippen molar-refractivity contribution < 1.29 is 27.8 Å². The second kappa shape index (κ2) is 6.14. The minimum Gasteiger partial charge on any atom is -0.481 e. The summed E-state index contributed by atoms with van der Waals surface area (Å²) in [6.07, 6.45) is -0.246. The van der Waals surface area contributed by atoms with Crippen LogP contribution in [0.1, 0.15) is 6.42 Å². The van der Waals surface area contributed by atoms with Gasteiger partial charge in [0.2, 0.25) is 0 Å². The molecule has 0 aliphatic carbocycles. The summed E-state index contributed by atoms with van der Waals surface area (Å²) in [5, 5.41) is 8.85. The molecule has 0 saturated carbocycles. The molecule has 0 aromatic rings. The van der Waals surface area contributed by atoms with Gasteiger partial charge in [0.15, 0.2) is 0 Å². The number of carboxylic acids is 1. The number of carbonyl (C=O) groups is 1. The van der Waals surface area contributed by atoms with E-state index >= 15 is 0 Å². The molecule has 0 amide bonds. The zero-order valence-corrected chi connectivity index (χ0v) is 11.3. The van der Waals surface area contributed by atoms with E-state index in [1.165, 1.54) is 8.61 Å². The smallest absolute Gasteiger partial charge is 0.305 e. The van der Waals surface area contributed by atoms with Gasteiger partial charge in [0.05, 0.1) is 38.9 Å². The van der Waals surface area contributed by atoms with Crippen LogP contribution in [0.15, 0.2) is 0 Å². The first-order chi connectivity index (χ1) is 9.01. The topological polar surface area (TPSA) is 96.4 Å². The van der Waals surface area contributed by atoms with Crippen LogP contribution in [-0.4, -0.2) is 80.2 Å². The van der Waals surface area contributed by atoms with Gasteiger partial charge in [0.1, 0.15) is 0 Å². The predicted molar refractivity (Wildman–Crippen MR) is 64.9 cm³/mol. The van der Waals surface area contributed by atoms with Crippen LogP contribution in [0.4, 0.5) is 0 Å². The van der Waals surface area contributed by atoms with Crippen LogP contribution in [-0.2, 0) is 24.5 Å². The Bertz CT molecular complexity index is 420. The lowest BCUT2D eigenvalue weighted by Gasteiger charge is -2.38. The van der Waals surface area contributed by atoms with Crippen molar-refractivity contribution >= 4 is 16.2 Å². The molecule has 2 fully saturated rings. The van der Waals surface area contributed by atoms with E-state index in [1.807, 2.05) is 0 Å². The van der Waals surface area contributed by atoms with Gasteiger partial charge in [0.25, 0.3) is 10.2 Å². The van der Waals surface area contributed by atoms with Crippen LogP contribution in [0, 0.1) is 0 Å². The highest BCUT2D eigenvalue weighted by Crippen LogP contribution is 2.19. The zero-order valence-electron chi connectivity index (χ0n) is 10.5. The molecule has 0 bridgehead atoms. The van der Waals surface area contributed by atoms with E-state index in [0.29, 0.717) is 32.9 Å². The Balaban J connectivity index is 2.13. The van der Waals surface area contributed by atoms with Crippen LogP contribution in [0.25, 0.3) is 0 Å². The van der Waals surface area contributed by atoms with E-state index in [9.17, 15) is 13.2 Å². The van der Waals surface area contributed by atoms with Crippen molar-refractivity contribution in [3.8, 4) is 0 Å². The van der Waals surface area contributed by atoms with Gasteiger partial charge in [-0.05, 0) is 0 Å². The molecule has 2 saturated heterocycles. The van der Waals surface area contributed by atoms with Crippen LogP contribution in [0.2, 0.25) is 0 Å². The summed E-state index contributed by atoms with van der Waals surface area (Å²) in [6, 6.07) is -0.640. The molecule has 9 heteroatoms. The van der Waals surface area contributed by atoms with E-state index in [1.54, 1.807) is 0 Å². The third kappa shape index (κ3) is 3.42. The molecule has 19 heavy (non-hydrogen) atoms. The number of aliphatic carboxylic acids is 1. The van der Waals surface area contributed by atoms with Crippen LogP contribution < -0.4 is 0 Å². The summed E-state index contributed by atoms with van der Waals surface area (Å²) >= 11 is 0. The normalized spacial score (nSPS) is 27.3. The van der Waals surface area contributed by atoms with Gasteiger partial charge in [0, 0.05) is 19.6 Å². The molecule has 8 nitrogen and oxygen atoms in total. The summed E-state index contributed by atoms with van der Waals surface area (Å²) in [4.78, 5) is 10.8. The summed E-state index contributed by atoms with van der Waals surface area (Å²) in [6.45, 7) is 1.95. The van der Waals surface area contributed by atoms with Gasteiger partial charge in [-0.15, -0.1) is 0 Å². The molecule has 2 aliphatic heterocycles. The minimum absolute atomic E-state index is 0.121. The number of hydrogen-bond acceptors (Lipinski definition) is 5. The average Bonchev–Trinajstić information content (AvgIpc) is 2.39. The van der Waals surface area contributed by atoms with Crippen LogP contribution in [0.3, 0.4) is 0 Å². The first kappa shape index (κ1) is 14.7. The zero-order chi connectivity index (χ0) is 13.9. The molecular formula is C10H18N2O6S. The molecule has 1 N–H and O–H groups in total. The van der Waals surface area contributed by atoms with Crippen molar-refractivity contribution in [1.29, 1.82) is 0 Å². The molecule has 1 atom stereocenters. The van der Waals surface area contributed by atoms with Gasteiger partial charge in [-0.1, -0.05) is 0 Å². The fourth-order valence-corrected chi connectivity index (χ4v) is 3.96. The molecule has 0 aromatic carbocycles. The number of nitrogens with zero attached hydrogens (tertiary/aromatic N) is 2. The third-order valence-corrected chi connectivity index (χ3v) is 5.27. The molecule has 110 valence electrons. The second-order valence-electron chi connectivity index (χ2n) is 4.46. The van der Waals surface area contributed by atoms with Crippen molar-refractivity contribution in [2.75, 3.05) is 46.1 Å².